The Labute approximate surface area is 119 Å². The molecule has 0 aliphatic heterocycles. The second-order valence-electron chi connectivity index (χ2n) is 3.65. The Morgan fingerprint density at radius 3 is 2.74 bits per heavy atom. The molecule has 5 nitrogen and oxygen atoms in total. The van der Waals surface area contributed by atoms with Gasteiger partial charge in [-0.15, -0.1) is 10.2 Å². The van der Waals surface area contributed by atoms with Gasteiger partial charge in [-0.05, 0) is 30.7 Å². The molecule has 0 unspecified atom stereocenters. The summed E-state index contributed by atoms with van der Waals surface area (Å²) in [5.74, 6) is 0.319. The summed E-state index contributed by atoms with van der Waals surface area (Å²) in [7, 11) is 0. The highest BCUT2D eigenvalue weighted by Gasteiger charge is 2.08. The lowest BCUT2D eigenvalue weighted by atomic mass is 10.3. The van der Waals surface area contributed by atoms with Crippen molar-refractivity contribution < 1.29 is 9.53 Å². The van der Waals surface area contributed by atoms with Crippen LogP contribution in [0.4, 0.5) is 5.13 Å². The lowest BCUT2D eigenvalue weighted by Crippen LogP contribution is -2.20. The molecule has 2 rings (SSSR count). The van der Waals surface area contributed by atoms with Crippen LogP contribution in [-0.2, 0) is 11.2 Å². The van der Waals surface area contributed by atoms with Crippen LogP contribution in [-0.4, -0.2) is 22.7 Å². The number of amides is 1. The Bertz CT molecular complexity index is 556. The number of ether oxygens (including phenoxy) is 1. The number of aryl methyl sites for hydroxylation is 1. The van der Waals surface area contributed by atoms with Gasteiger partial charge in [0.1, 0.15) is 10.8 Å². The van der Waals surface area contributed by atoms with E-state index in [1.54, 1.807) is 24.3 Å². The van der Waals surface area contributed by atoms with E-state index in [4.69, 9.17) is 16.3 Å². The standard InChI is InChI=1S/C12H12ClN3O2S/c1-2-11-15-16-12(19-11)14-10(17)7-18-9-5-3-8(13)4-6-9/h3-6H,2,7H2,1H3,(H,14,16,17). The summed E-state index contributed by atoms with van der Waals surface area (Å²) in [6.45, 7) is 1.90. The fourth-order valence-corrected chi connectivity index (χ4v) is 2.10. The van der Waals surface area contributed by atoms with Crippen molar-refractivity contribution >= 4 is 34.0 Å². The van der Waals surface area contributed by atoms with Gasteiger partial charge in [-0.2, -0.15) is 0 Å². The van der Waals surface area contributed by atoms with Crippen LogP contribution in [0.5, 0.6) is 5.75 Å². The molecular formula is C12H12ClN3O2S. The number of rotatable bonds is 5. The quantitative estimate of drug-likeness (QED) is 0.921. The number of hydrogen-bond acceptors (Lipinski definition) is 5. The normalized spacial score (nSPS) is 10.2. The van der Waals surface area contributed by atoms with Crippen molar-refractivity contribution in [3.63, 3.8) is 0 Å². The van der Waals surface area contributed by atoms with Gasteiger partial charge < -0.3 is 4.74 Å². The van der Waals surface area contributed by atoms with Crippen molar-refractivity contribution in [2.24, 2.45) is 0 Å². The van der Waals surface area contributed by atoms with E-state index in [1.165, 1.54) is 11.3 Å². The molecule has 0 atom stereocenters. The largest absolute Gasteiger partial charge is 0.484 e. The minimum absolute atomic E-state index is 0.0807. The number of hydrogen-bond donors (Lipinski definition) is 1. The van der Waals surface area contributed by atoms with Crippen molar-refractivity contribution in [2.45, 2.75) is 13.3 Å². The van der Waals surface area contributed by atoms with Gasteiger partial charge in [0, 0.05) is 5.02 Å². The Kier molecular flexibility index (Phi) is 4.70. The van der Waals surface area contributed by atoms with E-state index in [-0.39, 0.29) is 12.5 Å². The molecule has 1 aromatic carbocycles. The molecule has 0 bridgehead atoms. The smallest absolute Gasteiger partial charge is 0.264 e. The second-order valence-corrected chi connectivity index (χ2v) is 5.14. The van der Waals surface area contributed by atoms with Gasteiger partial charge in [0.15, 0.2) is 6.61 Å². The molecule has 100 valence electrons. The molecule has 7 heteroatoms. The molecule has 0 aliphatic carbocycles. The van der Waals surface area contributed by atoms with Gasteiger partial charge in [-0.3, -0.25) is 10.1 Å². The fraction of sp³-hybridized carbons (Fsp3) is 0.250. The minimum Gasteiger partial charge on any atom is -0.484 e. The van der Waals surface area contributed by atoms with Crippen LogP contribution >= 0.6 is 22.9 Å². The first-order valence-electron chi connectivity index (χ1n) is 5.68. The zero-order valence-electron chi connectivity index (χ0n) is 10.2. The second kappa shape index (κ2) is 6.49. The summed E-state index contributed by atoms with van der Waals surface area (Å²) >= 11 is 7.11. The number of nitrogens with one attached hydrogen (secondary N) is 1. The maximum atomic E-state index is 11.6. The Morgan fingerprint density at radius 2 is 2.11 bits per heavy atom. The lowest BCUT2D eigenvalue weighted by molar-refractivity contribution is -0.118. The van der Waals surface area contributed by atoms with E-state index < -0.39 is 0 Å². The van der Waals surface area contributed by atoms with Crippen molar-refractivity contribution in [3.05, 3.63) is 34.3 Å². The van der Waals surface area contributed by atoms with Crippen LogP contribution in [0.2, 0.25) is 5.02 Å². The monoisotopic (exact) mass is 297 g/mol. The number of benzene rings is 1. The molecule has 1 heterocycles. The maximum absolute atomic E-state index is 11.6. The molecule has 0 radical (unpaired) electrons. The van der Waals surface area contributed by atoms with E-state index in [0.717, 1.165) is 11.4 Å². The van der Waals surface area contributed by atoms with Crippen LogP contribution in [0, 0.1) is 0 Å². The molecule has 1 aromatic heterocycles. The number of aromatic nitrogens is 2. The predicted octanol–water partition coefficient (Wildman–Crippen LogP) is 2.77. The van der Waals surface area contributed by atoms with Gasteiger partial charge in [0.25, 0.3) is 5.91 Å². The molecule has 0 fully saturated rings. The van der Waals surface area contributed by atoms with Crippen LogP contribution in [0.1, 0.15) is 11.9 Å². The molecule has 0 spiro atoms. The summed E-state index contributed by atoms with van der Waals surface area (Å²) in [6.07, 6.45) is 0.800. The Morgan fingerprint density at radius 1 is 1.37 bits per heavy atom. The first kappa shape index (κ1) is 13.8. The topological polar surface area (TPSA) is 64.1 Å². The highest BCUT2D eigenvalue weighted by atomic mass is 35.5. The zero-order chi connectivity index (χ0) is 13.7. The van der Waals surface area contributed by atoms with Gasteiger partial charge in [0.05, 0.1) is 0 Å². The van der Waals surface area contributed by atoms with Gasteiger partial charge >= 0.3 is 0 Å². The molecular weight excluding hydrogens is 286 g/mol. The maximum Gasteiger partial charge on any atom is 0.264 e. The molecule has 1 N–H and O–H groups in total. The highest BCUT2D eigenvalue weighted by molar-refractivity contribution is 7.15. The molecule has 2 aromatic rings. The molecule has 0 saturated carbocycles. The van der Waals surface area contributed by atoms with Gasteiger partial charge in [0.2, 0.25) is 5.13 Å². The molecule has 0 aliphatic rings. The fourth-order valence-electron chi connectivity index (χ4n) is 1.28. The number of carbonyl (C=O) groups excluding carboxylic acids is 1. The van der Waals surface area contributed by atoms with Gasteiger partial charge in [-0.25, -0.2) is 0 Å². The van der Waals surface area contributed by atoms with Gasteiger partial charge in [-0.1, -0.05) is 29.9 Å². The van der Waals surface area contributed by atoms with E-state index in [1.807, 2.05) is 6.92 Å². The first-order chi connectivity index (χ1) is 9.17. The molecule has 1 amide bonds. The third-order valence-electron chi connectivity index (χ3n) is 2.20. The third kappa shape index (κ3) is 4.18. The first-order valence-corrected chi connectivity index (χ1v) is 6.87. The van der Waals surface area contributed by atoms with Crippen LogP contribution in [0.25, 0.3) is 0 Å². The summed E-state index contributed by atoms with van der Waals surface area (Å²) in [5.41, 5.74) is 0. The van der Waals surface area contributed by atoms with E-state index in [9.17, 15) is 4.79 Å². The lowest BCUT2D eigenvalue weighted by Gasteiger charge is -2.05. The summed E-state index contributed by atoms with van der Waals surface area (Å²) < 4.78 is 5.31. The summed E-state index contributed by atoms with van der Waals surface area (Å²) in [5, 5.41) is 12.4. The van der Waals surface area contributed by atoms with E-state index in [2.05, 4.69) is 15.5 Å². The van der Waals surface area contributed by atoms with Crippen molar-refractivity contribution in [2.75, 3.05) is 11.9 Å². The van der Waals surface area contributed by atoms with Crippen LogP contribution in [0.3, 0.4) is 0 Å². The van der Waals surface area contributed by atoms with Crippen molar-refractivity contribution in [1.29, 1.82) is 0 Å². The average molecular weight is 298 g/mol. The Hall–Kier alpha value is -1.66. The number of anilines is 1. The predicted molar refractivity (Wildman–Crippen MR) is 74.9 cm³/mol. The highest BCUT2D eigenvalue weighted by Crippen LogP contribution is 2.17. The molecule has 0 saturated heterocycles. The van der Waals surface area contributed by atoms with Crippen LogP contribution < -0.4 is 10.1 Å². The third-order valence-corrected chi connectivity index (χ3v) is 3.43. The number of nitrogens with zero attached hydrogens (tertiary/aromatic N) is 2. The van der Waals surface area contributed by atoms with Crippen LogP contribution in [0.15, 0.2) is 24.3 Å². The summed E-state index contributed by atoms with van der Waals surface area (Å²) in [6, 6.07) is 6.81. The summed E-state index contributed by atoms with van der Waals surface area (Å²) in [4.78, 5) is 11.6. The van der Waals surface area contributed by atoms with Crippen molar-refractivity contribution in [1.82, 2.24) is 10.2 Å². The van der Waals surface area contributed by atoms with E-state index >= 15 is 0 Å². The zero-order valence-corrected chi connectivity index (χ0v) is 11.8. The number of carbonyl (C=O) groups is 1. The van der Waals surface area contributed by atoms with E-state index in [0.29, 0.717) is 15.9 Å². The number of halogens is 1. The SMILES string of the molecule is CCc1nnc(NC(=O)COc2ccc(Cl)cc2)s1. The average Bonchev–Trinajstić information content (AvgIpc) is 2.86. The Balaban J connectivity index is 1.82. The minimum atomic E-state index is -0.270. The molecule has 19 heavy (non-hydrogen) atoms. The van der Waals surface area contributed by atoms with Crippen molar-refractivity contribution in [3.8, 4) is 5.75 Å².